The lowest BCUT2D eigenvalue weighted by atomic mass is 10.0. The van der Waals surface area contributed by atoms with E-state index in [0.29, 0.717) is 5.92 Å². The summed E-state index contributed by atoms with van der Waals surface area (Å²) in [6.45, 7) is 12.4. The van der Waals surface area contributed by atoms with Gasteiger partial charge in [-0.15, -0.1) is 0 Å². The molecule has 0 aliphatic carbocycles. The molecule has 0 saturated heterocycles. The van der Waals surface area contributed by atoms with E-state index in [1.165, 1.54) is 11.1 Å². The highest BCUT2D eigenvalue weighted by Gasteiger charge is 2.01. The highest BCUT2D eigenvalue weighted by atomic mass is 14.7. The molecule has 0 unspecified atom stereocenters. The standard InChI is InChI=1S/C14H15N.2C2H6/c1-11(2)13-8-9-14(15-10-13)12-6-4-3-5-7-12;2*1-2/h3-11H,1-2H3;2*1-2H3. The molecule has 104 valence electrons. The number of hydrogen-bond donors (Lipinski definition) is 0. The van der Waals surface area contributed by atoms with Crippen molar-refractivity contribution >= 4 is 0 Å². The average Bonchev–Trinajstić information content (AvgIpc) is 2.52. The Morgan fingerprint density at radius 1 is 0.789 bits per heavy atom. The van der Waals surface area contributed by atoms with Crippen LogP contribution < -0.4 is 0 Å². The van der Waals surface area contributed by atoms with E-state index in [-0.39, 0.29) is 0 Å². The second-order valence-corrected chi connectivity index (χ2v) is 4.00. The summed E-state index contributed by atoms with van der Waals surface area (Å²) in [6, 6.07) is 14.5. The zero-order valence-corrected chi connectivity index (χ0v) is 13.1. The largest absolute Gasteiger partial charge is 0.256 e. The summed E-state index contributed by atoms with van der Waals surface area (Å²) in [4.78, 5) is 4.47. The topological polar surface area (TPSA) is 12.9 Å². The van der Waals surface area contributed by atoms with Crippen LogP contribution in [0.2, 0.25) is 0 Å². The molecule has 0 aliphatic rings. The molecule has 0 aliphatic heterocycles. The van der Waals surface area contributed by atoms with Gasteiger partial charge >= 0.3 is 0 Å². The van der Waals surface area contributed by atoms with E-state index in [4.69, 9.17) is 0 Å². The molecule has 1 nitrogen and oxygen atoms in total. The van der Waals surface area contributed by atoms with Gasteiger partial charge in [-0.1, -0.05) is 77.9 Å². The fraction of sp³-hybridized carbons (Fsp3) is 0.389. The van der Waals surface area contributed by atoms with Gasteiger partial charge in [-0.3, -0.25) is 4.98 Å². The zero-order chi connectivity index (χ0) is 14.7. The SMILES string of the molecule is CC.CC.CC(C)c1ccc(-c2ccccc2)nc1. The molecule has 1 aromatic heterocycles. The first-order valence-electron chi connectivity index (χ1n) is 7.29. The molecule has 0 amide bonds. The summed E-state index contributed by atoms with van der Waals surface area (Å²) in [6.07, 6.45) is 1.97. The molecule has 0 atom stereocenters. The average molecular weight is 257 g/mol. The number of hydrogen-bond acceptors (Lipinski definition) is 1. The lowest BCUT2D eigenvalue weighted by Gasteiger charge is -2.05. The summed E-state index contributed by atoms with van der Waals surface area (Å²) < 4.78 is 0. The van der Waals surface area contributed by atoms with E-state index in [9.17, 15) is 0 Å². The van der Waals surface area contributed by atoms with Crippen LogP contribution in [0.5, 0.6) is 0 Å². The van der Waals surface area contributed by atoms with Crippen LogP contribution in [0.15, 0.2) is 48.7 Å². The molecule has 1 heteroatoms. The predicted octanol–water partition coefficient (Wildman–Crippen LogP) is 5.92. The van der Waals surface area contributed by atoms with Crippen LogP contribution in [0.1, 0.15) is 53.0 Å². The summed E-state index contributed by atoms with van der Waals surface area (Å²) in [5.41, 5.74) is 3.50. The summed E-state index contributed by atoms with van der Waals surface area (Å²) >= 11 is 0. The van der Waals surface area contributed by atoms with Crippen LogP contribution in [0, 0.1) is 0 Å². The summed E-state index contributed by atoms with van der Waals surface area (Å²) in [5, 5.41) is 0. The Bertz CT molecular complexity index is 415. The second-order valence-electron chi connectivity index (χ2n) is 4.00. The Kier molecular flexibility index (Phi) is 9.42. The number of nitrogens with zero attached hydrogens (tertiary/aromatic N) is 1. The maximum atomic E-state index is 4.47. The van der Waals surface area contributed by atoms with Crippen LogP contribution in [0.25, 0.3) is 11.3 Å². The van der Waals surface area contributed by atoms with Gasteiger partial charge < -0.3 is 0 Å². The Hall–Kier alpha value is -1.63. The minimum Gasteiger partial charge on any atom is -0.256 e. The number of pyridine rings is 1. The van der Waals surface area contributed by atoms with Crippen molar-refractivity contribution in [1.29, 1.82) is 0 Å². The van der Waals surface area contributed by atoms with Crippen molar-refractivity contribution < 1.29 is 0 Å². The molecule has 0 bridgehead atoms. The summed E-state index contributed by atoms with van der Waals surface area (Å²) in [7, 11) is 0. The minimum absolute atomic E-state index is 0.544. The first-order chi connectivity index (χ1) is 9.27. The summed E-state index contributed by atoms with van der Waals surface area (Å²) in [5.74, 6) is 0.544. The third-order valence-corrected chi connectivity index (χ3v) is 2.52. The lowest BCUT2D eigenvalue weighted by Crippen LogP contribution is -1.89. The maximum Gasteiger partial charge on any atom is 0.0702 e. The normalized spacial score (nSPS) is 9.00. The number of aromatic nitrogens is 1. The van der Waals surface area contributed by atoms with E-state index < -0.39 is 0 Å². The second kappa shape index (κ2) is 10.3. The van der Waals surface area contributed by atoms with Gasteiger partial charge in [0.15, 0.2) is 0 Å². The fourth-order valence-corrected chi connectivity index (χ4v) is 1.53. The Morgan fingerprint density at radius 3 is 1.79 bits per heavy atom. The van der Waals surface area contributed by atoms with Gasteiger partial charge in [-0.25, -0.2) is 0 Å². The Balaban J connectivity index is 0.000000741. The van der Waals surface area contributed by atoms with Gasteiger partial charge in [0.2, 0.25) is 0 Å². The van der Waals surface area contributed by atoms with Crippen molar-refractivity contribution in [3.8, 4) is 11.3 Å². The van der Waals surface area contributed by atoms with Crippen LogP contribution in [0.4, 0.5) is 0 Å². The Morgan fingerprint density at radius 2 is 1.37 bits per heavy atom. The van der Waals surface area contributed by atoms with Crippen molar-refractivity contribution in [1.82, 2.24) is 4.98 Å². The van der Waals surface area contributed by atoms with Gasteiger partial charge in [0, 0.05) is 11.8 Å². The quantitative estimate of drug-likeness (QED) is 0.650. The van der Waals surface area contributed by atoms with E-state index >= 15 is 0 Å². The first-order valence-corrected chi connectivity index (χ1v) is 7.29. The molecule has 0 spiro atoms. The molecule has 0 fully saturated rings. The fourth-order valence-electron chi connectivity index (χ4n) is 1.53. The van der Waals surface area contributed by atoms with Gasteiger partial charge in [0.1, 0.15) is 0 Å². The van der Waals surface area contributed by atoms with E-state index in [1.54, 1.807) is 0 Å². The first kappa shape index (κ1) is 17.4. The zero-order valence-electron chi connectivity index (χ0n) is 13.1. The molecule has 19 heavy (non-hydrogen) atoms. The molecule has 2 aromatic rings. The molecule has 0 saturated carbocycles. The monoisotopic (exact) mass is 257 g/mol. The van der Waals surface area contributed by atoms with E-state index in [2.05, 4.69) is 43.1 Å². The van der Waals surface area contributed by atoms with Gasteiger partial charge in [-0.2, -0.15) is 0 Å². The molecule has 0 N–H and O–H groups in total. The van der Waals surface area contributed by atoms with E-state index in [1.807, 2.05) is 52.1 Å². The minimum atomic E-state index is 0.544. The van der Waals surface area contributed by atoms with Crippen LogP contribution in [0.3, 0.4) is 0 Å². The molecular formula is C18H27N. The number of rotatable bonds is 2. The van der Waals surface area contributed by atoms with Crippen molar-refractivity contribution in [2.45, 2.75) is 47.5 Å². The number of benzene rings is 1. The van der Waals surface area contributed by atoms with Gasteiger partial charge in [-0.05, 0) is 17.5 Å². The van der Waals surface area contributed by atoms with E-state index in [0.717, 1.165) is 5.69 Å². The molecule has 2 rings (SSSR count). The third-order valence-electron chi connectivity index (χ3n) is 2.52. The van der Waals surface area contributed by atoms with Crippen molar-refractivity contribution in [2.75, 3.05) is 0 Å². The van der Waals surface area contributed by atoms with Crippen molar-refractivity contribution in [3.63, 3.8) is 0 Å². The maximum absolute atomic E-state index is 4.47. The lowest BCUT2D eigenvalue weighted by molar-refractivity contribution is 0.859. The van der Waals surface area contributed by atoms with Crippen LogP contribution in [-0.4, -0.2) is 4.98 Å². The molecule has 1 heterocycles. The van der Waals surface area contributed by atoms with Crippen LogP contribution in [-0.2, 0) is 0 Å². The molecular weight excluding hydrogens is 230 g/mol. The van der Waals surface area contributed by atoms with Crippen molar-refractivity contribution in [3.05, 3.63) is 54.2 Å². The van der Waals surface area contributed by atoms with Gasteiger partial charge in [0.25, 0.3) is 0 Å². The van der Waals surface area contributed by atoms with Crippen molar-refractivity contribution in [2.24, 2.45) is 0 Å². The third kappa shape index (κ3) is 5.69. The van der Waals surface area contributed by atoms with Crippen LogP contribution >= 0.6 is 0 Å². The molecule has 1 aromatic carbocycles. The predicted molar refractivity (Wildman–Crippen MR) is 86.5 cm³/mol. The highest BCUT2D eigenvalue weighted by molar-refractivity contribution is 5.58. The molecule has 0 radical (unpaired) electrons. The van der Waals surface area contributed by atoms with Gasteiger partial charge in [0.05, 0.1) is 5.69 Å². The highest BCUT2D eigenvalue weighted by Crippen LogP contribution is 2.19. The Labute approximate surface area is 118 Å². The smallest absolute Gasteiger partial charge is 0.0702 e.